The van der Waals surface area contributed by atoms with Gasteiger partial charge in [0.25, 0.3) is 0 Å². The fourth-order valence-electron chi connectivity index (χ4n) is 1.01. The molecule has 0 unspecified atom stereocenters. The quantitative estimate of drug-likeness (QED) is 0.853. The van der Waals surface area contributed by atoms with Crippen LogP contribution in [0.4, 0.5) is 5.69 Å². The maximum Gasteiger partial charge on any atom is 0.194 e. The Kier molecular flexibility index (Phi) is 3.45. The number of nitrogens with one attached hydrogen (secondary N) is 1. The number of aryl methyl sites for hydroxylation is 1. The van der Waals surface area contributed by atoms with Gasteiger partial charge in [0.1, 0.15) is 5.51 Å². The van der Waals surface area contributed by atoms with Gasteiger partial charge in [0, 0.05) is 22.7 Å². The van der Waals surface area contributed by atoms with Crippen LogP contribution in [0.15, 0.2) is 28.0 Å². The molecule has 1 aromatic heterocycles. The lowest BCUT2D eigenvalue weighted by Gasteiger charge is -2.06. The number of hydrogen-bond acceptors (Lipinski definition) is 5. The fourth-order valence-corrected chi connectivity index (χ4v) is 2.41. The molecule has 0 saturated heterocycles. The van der Waals surface area contributed by atoms with Crippen LogP contribution in [0.3, 0.4) is 0 Å². The van der Waals surface area contributed by atoms with Crippen molar-refractivity contribution in [2.75, 3.05) is 4.72 Å². The minimum atomic E-state index is 0.723. The summed E-state index contributed by atoms with van der Waals surface area (Å²) in [6.07, 6.45) is 0. The van der Waals surface area contributed by atoms with Crippen molar-refractivity contribution >= 4 is 40.6 Å². The van der Waals surface area contributed by atoms with E-state index in [1.165, 1.54) is 23.3 Å². The van der Waals surface area contributed by atoms with Crippen molar-refractivity contribution < 1.29 is 0 Å². The molecule has 0 atom stereocenters. The minimum absolute atomic E-state index is 0.723. The van der Waals surface area contributed by atoms with Gasteiger partial charge in [-0.05, 0) is 24.6 Å². The van der Waals surface area contributed by atoms with Crippen LogP contribution in [0, 0.1) is 6.92 Å². The molecule has 2 rings (SSSR count). The molecule has 0 aliphatic rings. The summed E-state index contributed by atoms with van der Waals surface area (Å²) in [5, 5.41) is 8.40. The van der Waals surface area contributed by atoms with Crippen molar-refractivity contribution in [3.05, 3.63) is 34.3 Å². The lowest BCUT2D eigenvalue weighted by Crippen LogP contribution is -1.89. The summed E-state index contributed by atoms with van der Waals surface area (Å²) in [7, 11) is 0. The fraction of sp³-hybridized carbons (Fsp3) is 0.111. The summed E-state index contributed by atoms with van der Waals surface area (Å²) in [6, 6.07) is 5.74. The molecule has 0 radical (unpaired) electrons. The second-order valence-corrected chi connectivity index (χ2v) is 5.19. The van der Waals surface area contributed by atoms with Crippen molar-refractivity contribution in [3.63, 3.8) is 0 Å². The first-order valence-electron chi connectivity index (χ1n) is 4.21. The van der Waals surface area contributed by atoms with E-state index in [9.17, 15) is 0 Å². The smallest absolute Gasteiger partial charge is 0.194 e. The lowest BCUT2D eigenvalue weighted by molar-refractivity contribution is 1.01. The minimum Gasteiger partial charge on any atom is -0.323 e. The molecule has 78 valence electrons. The number of nitrogens with zero attached hydrogens (tertiary/aromatic N) is 2. The van der Waals surface area contributed by atoms with E-state index in [0.29, 0.717) is 0 Å². The topological polar surface area (TPSA) is 37.8 Å². The van der Waals surface area contributed by atoms with E-state index < -0.39 is 0 Å². The van der Waals surface area contributed by atoms with Crippen molar-refractivity contribution in [1.82, 2.24) is 10.2 Å². The van der Waals surface area contributed by atoms with E-state index in [-0.39, 0.29) is 0 Å². The van der Waals surface area contributed by atoms with Crippen LogP contribution in [-0.4, -0.2) is 10.2 Å². The van der Waals surface area contributed by atoms with Crippen LogP contribution in [0.1, 0.15) is 5.56 Å². The molecule has 0 amide bonds. The second kappa shape index (κ2) is 4.83. The molecule has 1 heterocycles. The maximum atomic E-state index is 5.90. The molecule has 0 aliphatic carbocycles. The summed E-state index contributed by atoms with van der Waals surface area (Å²) < 4.78 is 4.08. The number of rotatable bonds is 3. The molecule has 0 saturated carbocycles. The Bertz CT molecular complexity index is 445. The van der Waals surface area contributed by atoms with Crippen LogP contribution in [-0.2, 0) is 0 Å². The number of halogens is 1. The van der Waals surface area contributed by atoms with Gasteiger partial charge < -0.3 is 4.72 Å². The molecule has 0 aliphatic heterocycles. The predicted octanol–water partition coefficient (Wildman–Crippen LogP) is 3.62. The molecule has 2 aromatic rings. The second-order valence-electron chi connectivity index (χ2n) is 2.87. The van der Waals surface area contributed by atoms with Crippen LogP contribution in [0.25, 0.3) is 0 Å². The van der Waals surface area contributed by atoms with Gasteiger partial charge in [0.2, 0.25) is 0 Å². The zero-order valence-electron chi connectivity index (χ0n) is 7.90. The van der Waals surface area contributed by atoms with Gasteiger partial charge in [0.05, 0.1) is 0 Å². The average molecular weight is 258 g/mol. The highest BCUT2D eigenvalue weighted by molar-refractivity contribution is 8.02. The first-order valence-corrected chi connectivity index (χ1v) is 6.28. The number of aromatic nitrogens is 2. The predicted molar refractivity (Wildman–Crippen MR) is 65.6 cm³/mol. The molecular weight excluding hydrogens is 250 g/mol. The summed E-state index contributed by atoms with van der Waals surface area (Å²) in [4.78, 5) is 0. The van der Waals surface area contributed by atoms with Gasteiger partial charge in [0.15, 0.2) is 4.34 Å². The third-order valence-electron chi connectivity index (χ3n) is 1.79. The summed E-state index contributed by atoms with van der Waals surface area (Å²) in [5.74, 6) is 0. The van der Waals surface area contributed by atoms with Crippen molar-refractivity contribution in [3.8, 4) is 0 Å². The highest BCUT2D eigenvalue weighted by Gasteiger charge is 2.01. The number of benzene rings is 1. The zero-order valence-corrected chi connectivity index (χ0v) is 10.3. The van der Waals surface area contributed by atoms with E-state index >= 15 is 0 Å². The Morgan fingerprint density at radius 2 is 2.33 bits per heavy atom. The van der Waals surface area contributed by atoms with Crippen LogP contribution in [0.5, 0.6) is 0 Å². The highest BCUT2D eigenvalue weighted by Crippen LogP contribution is 2.26. The number of hydrogen-bond donors (Lipinski definition) is 1. The SMILES string of the molecule is Cc1ccc(Cl)cc1NSc1nncs1. The highest BCUT2D eigenvalue weighted by atomic mass is 35.5. The van der Waals surface area contributed by atoms with E-state index in [1.807, 2.05) is 25.1 Å². The third-order valence-corrected chi connectivity index (χ3v) is 3.62. The molecule has 0 bridgehead atoms. The molecule has 0 fully saturated rings. The largest absolute Gasteiger partial charge is 0.323 e. The zero-order chi connectivity index (χ0) is 10.7. The van der Waals surface area contributed by atoms with Gasteiger partial charge in [-0.25, -0.2) is 0 Å². The van der Waals surface area contributed by atoms with Crippen LogP contribution >= 0.6 is 34.9 Å². The maximum absolute atomic E-state index is 5.90. The van der Waals surface area contributed by atoms with E-state index in [4.69, 9.17) is 11.6 Å². The van der Waals surface area contributed by atoms with E-state index in [2.05, 4.69) is 14.9 Å². The van der Waals surface area contributed by atoms with Gasteiger partial charge >= 0.3 is 0 Å². The van der Waals surface area contributed by atoms with E-state index in [0.717, 1.165) is 20.6 Å². The molecule has 15 heavy (non-hydrogen) atoms. The summed E-state index contributed by atoms with van der Waals surface area (Å²) in [5.41, 5.74) is 3.86. The molecule has 1 aromatic carbocycles. The Morgan fingerprint density at radius 1 is 1.47 bits per heavy atom. The van der Waals surface area contributed by atoms with Gasteiger partial charge in [-0.2, -0.15) is 0 Å². The van der Waals surface area contributed by atoms with Crippen molar-refractivity contribution in [2.45, 2.75) is 11.3 Å². The Hall–Kier alpha value is -0.780. The molecule has 0 spiro atoms. The molecule has 6 heteroatoms. The van der Waals surface area contributed by atoms with Crippen LogP contribution < -0.4 is 4.72 Å². The standard InChI is InChI=1S/C9H8ClN3S2/c1-6-2-3-7(10)4-8(6)13-15-9-12-11-5-14-9/h2-5,13H,1H3. The van der Waals surface area contributed by atoms with E-state index in [1.54, 1.807) is 5.51 Å². The van der Waals surface area contributed by atoms with Gasteiger partial charge in [-0.15, -0.1) is 10.2 Å². The third kappa shape index (κ3) is 2.84. The van der Waals surface area contributed by atoms with Gasteiger partial charge in [-0.1, -0.05) is 29.0 Å². The average Bonchev–Trinajstić information content (AvgIpc) is 2.72. The Labute approximate surface area is 101 Å². The Morgan fingerprint density at radius 3 is 3.07 bits per heavy atom. The van der Waals surface area contributed by atoms with Gasteiger partial charge in [-0.3, -0.25) is 0 Å². The normalized spacial score (nSPS) is 10.3. The molecular formula is C9H8ClN3S2. The van der Waals surface area contributed by atoms with Crippen molar-refractivity contribution in [2.24, 2.45) is 0 Å². The Balaban J connectivity index is 2.07. The molecule has 1 N–H and O–H groups in total. The summed E-state index contributed by atoms with van der Waals surface area (Å²) >= 11 is 8.84. The van der Waals surface area contributed by atoms with Crippen molar-refractivity contribution in [1.29, 1.82) is 0 Å². The first kappa shape index (κ1) is 10.7. The first-order chi connectivity index (χ1) is 7.25. The molecule has 3 nitrogen and oxygen atoms in total. The lowest BCUT2D eigenvalue weighted by atomic mass is 10.2. The monoisotopic (exact) mass is 257 g/mol. The number of anilines is 1. The summed E-state index contributed by atoms with van der Waals surface area (Å²) in [6.45, 7) is 2.03. The van der Waals surface area contributed by atoms with Crippen LogP contribution in [0.2, 0.25) is 5.02 Å².